The molecule has 0 unspecified atom stereocenters. The minimum Gasteiger partial charge on any atom is -0.442 e. The van der Waals surface area contributed by atoms with E-state index < -0.39 is 0 Å². The van der Waals surface area contributed by atoms with E-state index in [-0.39, 0.29) is 18.1 Å². The second kappa shape index (κ2) is 5.53. The predicted octanol–water partition coefficient (Wildman–Crippen LogP) is 2.07. The molecule has 0 radical (unpaired) electrons. The van der Waals surface area contributed by atoms with Gasteiger partial charge in [-0.3, -0.25) is 9.69 Å². The highest BCUT2D eigenvalue weighted by Gasteiger charge is 2.33. The molecule has 1 aliphatic rings. The van der Waals surface area contributed by atoms with Crippen molar-refractivity contribution in [3.05, 3.63) is 28.8 Å². The standard InChI is InChI=1S/C15H20N2O3/c1-9-5-11(3)14(6-10(9)2)17-8-13(20-15(17)19)7-16-12(4)18/h5-6,13H,7-8H2,1-4H3,(H,16,18)/t13-/m0/s1. The van der Waals surface area contributed by atoms with Crippen LogP contribution in [0.3, 0.4) is 0 Å². The third kappa shape index (κ3) is 2.92. The summed E-state index contributed by atoms with van der Waals surface area (Å²) in [6.45, 7) is 8.31. The van der Waals surface area contributed by atoms with E-state index in [1.54, 1.807) is 4.90 Å². The van der Waals surface area contributed by atoms with Crippen LogP contribution in [0.4, 0.5) is 10.5 Å². The molecule has 1 fully saturated rings. The van der Waals surface area contributed by atoms with Crippen LogP contribution in [0.25, 0.3) is 0 Å². The van der Waals surface area contributed by atoms with Gasteiger partial charge < -0.3 is 10.1 Å². The largest absolute Gasteiger partial charge is 0.442 e. The molecule has 1 N–H and O–H groups in total. The lowest BCUT2D eigenvalue weighted by molar-refractivity contribution is -0.119. The number of ether oxygens (including phenoxy) is 1. The molecule has 1 aromatic rings. The van der Waals surface area contributed by atoms with E-state index in [0.717, 1.165) is 16.8 Å². The zero-order valence-corrected chi connectivity index (χ0v) is 12.3. The molecular formula is C15H20N2O3. The van der Waals surface area contributed by atoms with Gasteiger partial charge in [-0.2, -0.15) is 0 Å². The van der Waals surface area contributed by atoms with Crippen molar-refractivity contribution in [3.8, 4) is 0 Å². The molecule has 1 saturated heterocycles. The SMILES string of the molecule is CC(=O)NC[C@H]1CN(c2cc(C)c(C)cc2C)C(=O)O1. The highest BCUT2D eigenvalue weighted by Crippen LogP contribution is 2.27. The molecule has 108 valence electrons. The third-order valence-corrected chi connectivity index (χ3v) is 3.56. The molecule has 0 saturated carbocycles. The van der Waals surface area contributed by atoms with E-state index in [2.05, 4.69) is 11.4 Å². The number of amides is 2. The minimum atomic E-state index is -0.355. The van der Waals surface area contributed by atoms with Gasteiger partial charge in [0.2, 0.25) is 5.91 Å². The summed E-state index contributed by atoms with van der Waals surface area (Å²) in [4.78, 5) is 24.5. The fourth-order valence-corrected chi connectivity index (χ4v) is 2.32. The number of aryl methyl sites for hydroxylation is 3. The minimum absolute atomic E-state index is 0.123. The first kappa shape index (κ1) is 14.4. The van der Waals surface area contributed by atoms with Gasteiger partial charge in [0, 0.05) is 6.92 Å². The summed E-state index contributed by atoms with van der Waals surface area (Å²) in [5.74, 6) is -0.123. The molecule has 0 bridgehead atoms. The van der Waals surface area contributed by atoms with E-state index in [4.69, 9.17) is 4.74 Å². The Bertz CT molecular complexity index is 554. The van der Waals surface area contributed by atoms with Gasteiger partial charge in [0.1, 0.15) is 6.10 Å². The van der Waals surface area contributed by atoms with Crippen LogP contribution in [0.1, 0.15) is 23.6 Å². The van der Waals surface area contributed by atoms with Crippen molar-refractivity contribution in [1.29, 1.82) is 0 Å². The van der Waals surface area contributed by atoms with Crippen molar-refractivity contribution in [1.82, 2.24) is 5.32 Å². The van der Waals surface area contributed by atoms with Crippen LogP contribution >= 0.6 is 0 Å². The average molecular weight is 276 g/mol. The number of hydrogen-bond donors (Lipinski definition) is 1. The van der Waals surface area contributed by atoms with Gasteiger partial charge in [0.25, 0.3) is 0 Å². The highest BCUT2D eigenvalue weighted by molar-refractivity contribution is 5.91. The number of nitrogens with zero attached hydrogens (tertiary/aromatic N) is 1. The summed E-state index contributed by atoms with van der Waals surface area (Å²) in [5, 5.41) is 2.67. The predicted molar refractivity (Wildman–Crippen MR) is 77.0 cm³/mol. The smallest absolute Gasteiger partial charge is 0.414 e. The van der Waals surface area contributed by atoms with Crippen LogP contribution in [-0.2, 0) is 9.53 Å². The third-order valence-electron chi connectivity index (χ3n) is 3.56. The fourth-order valence-electron chi connectivity index (χ4n) is 2.32. The Morgan fingerprint density at radius 1 is 1.30 bits per heavy atom. The molecule has 2 amide bonds. The van der Waals surface area contributed by atoms with Crippen molar-refractivity contribution in [2.45, 2.75) is 33.8 Å². The molecule has 0 aliphatic carbocycles. The van der Waals surface area contributed by atoms with Crippen LogP contribution < -0.4 is 10.2 Å². The van der Waals surface area contributed by atoms with Crippen molar-refractivity contribution in [3.63, 3.8) is 0 Å². The lowest BCUT2D eigenvalue weighted by atomic mass is 10.0. The zero-order valence-electron chi connectivity index (χ0n) is 12.3. The number of carbonyl (C=O) groups excluding carboxylic acids is 2. The van der Waals surface area contributed by atoms with Crippen molar-refractivity contribution >= 4 is 17.7 Å². The summed E-state index contributed by atoms with van der Waals surface area (Å²) in [7, 11) is 0. The zero-order chi connectivity index (χ0) is 14.9. The van der Waals surface area contributed by atoms with Crippen molar-refractivity contribution in [2.75, 3.05) is 18.0 Å². The Hall–Kier alpha value is -2.04. The highest BCUT2D eigenvalue weighted by atomic mass is 16.6. The number of carbonyl (C=O) groups is 2. The first-order chi connectivity index (χ1) is 9.38. The Balaban J connectivity index is 2.16. The Kier molecular flexibility index (Phi) is 3.97. The normalized spacial score (nSPS) is 18.1. The van der Waals surface area contributed by atoms with Gasteiger partial charge in [0.05, 0.1) is 18.8 Å². The maximum absolute atomic E-state index is 12.0. The summed E-state index contributed by atoms with van der Waals surface area (Å²) in [6.07, 6.45) is -0.654. The number of cyclic esters (lactones) is 1. The lowest BCUT2D eigenvalue weighted by Gasteiger charge is -2.17. The lowest BCUT2D eigenvalue weighted by Crippen LogP contribution is -2.33. The monoisotopic (exact) mass is 276 g/mol. The summed E-state index contributed by atoms with van der Waals surface area (Å²) in [5.41, 5.74) is 4.27. The van der Waals surface area contributed by atoms with Crippen LogP contribution in [0.2, 0.25) is 0 Å². The number of benzene rings is 1. The van der Waals surface area contributed by atoms with Crippen LogP contribution in [0.5, 0.6) is 0 Å². The molecule has 20 heavy (non-hydrogen) atoms. The quantitative estimate of drug-likeness (QED) is 0.919. The Morgan fingerprint density at radius 2 is 1.95 bits per heavy atom. The average Bonchev–Trinajstić information content (AvgIpc) is 2.72. The number of hydrogen-bond acceptors (Lipinski definition) is 3. The summed E-state index contributed by atoms with van der Waals surface area (Å²) in [6, 6.07) is 4.08. The molecule has 1 heterocycles. The van der Waals surface area contributed by atoms with Crippen molar-refractivity contribution in [2.24, 2.45) is 0 Å². The van der Waals surface area contributed by atoms with Crippen LogP contribution in [0.15, 0.2) is 12.1 Å². The maximum Gasteiger partial charge on any atom is 0.414 e. The fraction of sp³-hybridized carbons (Fsp3) is 0.467. The molecule has 5 heteroatoms. The van der Waals surface area contributed by atoms with E-state index >= 15 is 0 Å². The van der Waals surface area contributed by atoms with E-state index in [9.17, 15) is 9.59 Å². The molecular weight excluding hydrogens is 256 g/mol. The summed E-state index contributed by atoms with van der Waals surface area (Å²) < 4.78 is 5.28. The number of nitrogens with one attached hydrogen (secondary N) is 1. The molecule has 1 atom stereocenters. The Morgan fingerprint density at radius 3 is 2.60 bits per heavy atom. The molecule has 1 aromatic carbocycles. The summed E-state index contributed by atoms with van der Waals surface area (Å²) >= 11 is 0. The van der Waals surface area contributed by atoms with Gasteiger partial charge in [-0.05, 0) is 43.5 Å². The van der Waals surface area contributed by atoms with E-state index in [0.29, 0.717) is 13.1 Å². The number of rotatable bonds is 3. The molecule has 5 nitrogen and oxygen atoms in total. The first-order valence-corrected chi connectivity index (χ1v) is 6.69. The first-order valence-electron chi connectivity index (χ1n) is 6.69. The van der Waals surface area contributed by atoms with Crippen LogP contribution in [0, 0.1) is 20.8 Å². The van der Waals surface area contributed by atoms with E-state index in [1.165, 1.54) is 12.5 Å². The van der Waals surface area contributed by atoms with Gasteiger partial charge >= 0.3 is 6.09 Å². The molecule has 1 aliphatic heterocycles. The van der Waals surface area contributed by atoms with Crippen LogP contribution in [-0.4, -0.2) is 31.2 Å². The van der Waals surface area contributed by atoms with Gasteiger partial charge in [-0.1, -0.05) is 6.07 Å². The molecule has 0 aromatic heterocycles. The maximum atomic E-state index is 12.0. The van der Waals surface area contributed by atoms with Gasteiger partial charge in [-0.15, -0.1) is 0 Å². The van der Waals surface area contributed by atoms with E-state index in [1.807, 2.05) is 26.8 Å². The topological polar surface area (TPSA) is 58.6 Å². The van der Waals surface area contributed by atoms with Gasteiger partial charge in [-0.25, -0.2) is 4.79 Å². The molecule has 2 rings (SSSR count). The molecule has 0 spiro atoms. The van der Waals surface area contributed by atoms with Crippen molar-refractivity contribution < 1.29 is 14.3 Å². The van der Waals surface area contributed by atoms with Gasteiger partial charge in [0.15, 0.2) is 0 Å². The second-order valence-corrected chi connectivity index (χ2v) is 5.28. The number of anilines is 1. The second-order valence-electron chi connectivity index (χ2n) is 5.28. The Labute approximate surface area is 118 Å².